The third-order valence-corrected chi connectivity index (χ3v) is 6.41. The molecule has 3 rings (SSSR count). The Morgan fingerprint density at radius 2 is 1.63 bits per heavy atom. The molecule has 4 heteroatoms. The molecule has 1 N–H and O–H groups in total. The van der Waals surface area contributed by atoms with Gasteiger partial charge < -0.3 is 5.32 Å². The topological polar surface area (TPSA) is 52.9 Å². The van der Waals surface area contributed by atoms with Gasteiger partial charge in [0.1, 0.15) is 0 Å². The number of amides is 1. The molecule has 0 heterocycles. The van der Waals surface area contributed by atoms with Gasteiger partial charge in [-0.25, -0.2) is 0 Å². The zero-order valence-corrected chi connectivity index (χ0v) is 22.0. The summed E-state index contributed by atoms with van der Waals surface area (Å²) in [6.07, 6.45) is 3.46. The van der Waals surface area contributed by atoms with Crippen LogP contribution in [0.1, 0.15) is 76.5 Å². The van der Waals surface area contributed by atoms with Crippen LogP contribution in [0.5, 0.6) is 0 Å². The predicted molar refractivity (Wildman–Crippen MR) is 145 cm³/mol. The molecule has 0 fully saturated rings. The molecule has 0 spiro atoms. The maximum atomic E-state index is 13.6. The van der Waals surface area contributed by atoms with E-state index in [1.165, 1.54) is 16.7 Å². The molecule has 0 aliphatic heterocycles. The van der Waals surface area contributed by atoms with Gasteiger partial charge in [0.25, 0.3) is 5.91 Å². The van der Waals surface area contributed by atoms with Gasteiger partial charge in [0.05, 0.1) is 12.1 Å². The predicted octanol–water partition coefficient (Wildman–Crippen LogP) is 7.72. The molecule has 0 aliphatic rings. The van der Waals surface area contributed by atoms with Crippen molar-refractivity contribution < 1.29 is 4.79 Å². The van der Waals surface area contributed by atoms with Crippen molar-refractivity contribution in [2.75, 3.05) is 0 Å². The third-order valence-electron chi connectivity index (χ3n) is 6.18. The largest absolute Gasteiger partial charge is 0.345 e. The van der Waals surface area contributed by atoms with Gasteiger partial charge in [-0.2, -0.15) is 5.26 Å². The van der Waals surface area contributed by atoms with Crippen LogP contribution in [0.15, 0.2) is 60.7 Å². The van der Waals surface area contributed by atoms with E-state index in [4.69, 9.17) is 16.9 Å². The van der Waals surface area contributed by atoms with Crippen LogP contribution in [0.2, 0.25) is 5.02 Å². The van der Waals surface area contributed by atoms with Gasteiger partial charge in [0.2, 0.25) is 0 Å². The van der Waals surface area contributed by atoms with Crippen molar-refractivity contribution in [1.29, 1.82) is 5.26 Å². The van der Waals surface area contributed by atoms with Gasteiger partial charge in [-0.1, -0.05) is 79.0 Å². The minimum atomic E-state index is -0.0765. The Hall–Kier alpha value is -3.09. The van der Waals surface area contributed by atoms with E-state index in [-0.39, 0.29) is 11.9 Å². The Bertz CT molecular complexity index is 1190. The molecule has 182 valence electrons. The summed E-state index contributed by atoms with van der Waals surface area (Å²) in [4.78, 5) is 13.6. The van der Waals surface area contributed by atoms with E-state index in [1.54, 1.807) is 0 Å². The van der Waals surface area contributed by atoms with E-state index in [9.17, 15) is 4.79 Å². The summed E-state index contributed by atoms with van der Waals surface area (Å²) in [6, 6.07) is 22.6. The van der Waals surface area contributed by atoms with E-state index >= 15 is 0 Å². The third kappa shape index (κ3) is 7.98. The molecular weight excluding hydrogens is 452 g/mol. The smallest absolute Gasteiger partial charge is 0.252 e. The summed E-state index contributed by atoms with van der Waals surface area (Å²) in [5.74, 6) is 0.357. The summed E-state index contributed by atoms with van der Waals surface area (Å²) in [5, 5.41) is 13.2. The van der Waals surface area contributed by atoms with Crippen LogP contribution in [0.4, 0.5) is 0 Å². The Morgan fingerprint density at radius 3 is 2.26 bits per heavy atom. The van der Waals surface area contributed by atoms with E-state index in [1.807, 2.05) is 30.3 Å². The van der Waals surface area contributed by atoms with Gasteiger partial charge in [0, 0.05) is 17.0 Å². The lowest BCUT2D eigenvalue weighted by Gasteiger charge is -2.23. The first kappa shape index (κ1) is 26.5. The highest BCUT2D eigenvalue weighted by molar-refractivity contribution is 6.30. The molecule has 3 aromatic carbocycles. The van der Waals surface area contributed by atoms with E-state index in [0.29, 0.717) is 24.3 Å². The van der Waals surface area contributed by atoms with Crippen LogP contribution < -0.4 is 5.32 Å². The molecule has 1 atom stereocenters. The molecule has 3 aromatic rings. The maximum Gasteiger partial charge on any atom is 0.252 e. The Labute approximate surface area is 215 Å². The number of hydrogen-bond acceptors (Lipinski definition) is 2. The SMILES string of the molecule is Cc1cc(C)cc(C(CC(C)C)NC(=O)c2cc(CCc3cccc(Cl)c3)ccc2CCC#N)c1. The quantitative estimate of drug-likeness (QED) is 0.319. The summed E-state index contributed by atoms with van der Waals surface area (Å²) >= 11 is 6.14. The second-order valence-corrected chi connectivity index (χ2v) is 10.3. The number of nitrogens with one attached hydrogen (secondary N) is 1. The molecule has 0 saturated heterocycles. The highest BCUT2D eigenvalue weighted by atomic mass is 35.5. The zero-order valence-electron chi connectivity index (χ0n) is 21.2. The van der Waals surface area contributed by atoms with Crippen molar-refractivity contribution in [3.05, 3.63) is 105 Å². The molecule has 1 amide bonds. The van der Waals surface area contributed by atoms with Crippen LogP contribution in [0.25, 0.3) is 0 Å². The monoisotopic (exact) mass is 486 g/mol. The average Bonchev–Trinajstić information content (AvgIpc) is 2.80. The molecule has 3 nitrogen and oxygen atoms in total. The fourth-order valence-corrected chi connectivity index (χ4v) is 4.79. The van der Waals surface area contributed by atoms with Crippen molar-refractivity contribution in [3.8, 4) is 6.07 Å². The van der Waals surface area contributed by atoms with Crippen molar-refractivity contribution in [2.24, 2.45) is 5.92 Å². The second kappa shape index (κ2) is 12.6. The molecule has 0 aliphatic carbocycles. The Morgan fingerprint density at radius 1 is 0.943 bits per heavy atom. The number of benzene rings is 3. The van der Waals surface area contributed by atoms with Crippen LogP contribution in [-0.2, 0) is 19.3 Å². The Kier molecular flexibility index (Phi) is 9.52. The second-order valence-electron chi connectivity index (χ2n) is 9.86. The van der Waals surface area contributed by atoms with Gasteiger partial charge in [-0.05, 0) is 85.9 Å². The lowest BCUT2D eigenvalue weighted by Crippen LogP contribution is -2.30. The summed E-state index contributed by atoms with van der Waals surface area (Å²) in [5.41, 5.74) is 7.38. The summed E-state index contributed by atoms with van der Waals surface area (Å²) < 4.78 is 0. The van der Waals surface area contributed by atoms with Crippen molar-refractivity contribution >= 4 is 17.5 Å². The molecule has 0 aromatic heterocycles. The van der Waals surface area contributed by atoms with E-state index in [2.05, 4.69) is 69.4 Å². The number of halogens is 1. The highest BCUT2D eigenvalue weighted by Crippen LogP contribution is 2.25. The molecule has 35 heavy (non-hydrogen) atoms. The fraction of sp³-hybridized carbons (Fsp3) is 0.355. The van der Waals surface area contributed by atoms with Crippen LogP contribution in [0, 0.1) is 31.1 Å². The van der Waals surface area contributed by atoms with Crippen LogP contribution in [-0.4, -0.2) is 5.91 Å². The minimum absolute atomic E-state index is 0.0694. The van der Waals surface area contributed by atoms with Crippen molar-refractivity contribution in [2.45, 2.75) is 65.8 Å². The van der Waals surface area contributed by atoms with Crippen molar-refractivity contribution in [1.82, 2.24) is 5.32 Å². The number of rotatable bonds is 10. The molecule has 0 bridgehead atoms. The number of nitrogens with zero attached hydrogens (tertiary/aromatic N) is 1. The normalized spacial score (nSPS) is 11.8. The zero-order chi connectivity index (χ0) is 25.4. The van der Waals surface area contributed by atoms with Crippen LogP contribution in [0.3, 0.4) is 0 Å². The molecule has 0 radical (unpaired) electrons. The number of carbonyl (C=O) groups excluding carboxylic acids is 1. The average molecular weight is 487 g/mol. The highest BCUT2D eigenvalue weighted by Gasteiger charge is 2.20. The summed E-state index contributed by atoms with van der Waals surface area (Å²) in [6.45, 7) is 8.54. The van der Waals surface area contributed by atoms with Crippen molar-refractivity contribution in [3.63, 3.8) is 0 Å². The van der Waals surface area contributed by atoms with E-state index < -0.39 is 0 Å². The standard InChI is InChI=1S/C31H35ClN2O/c1-21(2)15-30(27-17-22(3)16-23(4)18-27)34-31(35)29-20-25(12-13-26(29)8-6-14-33)11-10-24-7-5-9-28(32)19-24/h5,7,9,12-13,16-21,30H,6,8,10-11,15H2,1-4H3,(H,34,35). The van der Waals surface area contributed by atoms with Gasteiger partial charge in [0.15, 0.2) is 0 Å². The lowest BCUT2D eigenvalue weighted by atomic mass is 9.93. The molecular formula is C31H35ClN2O. The number of carbonyl (C=O) groups is 1. The number of hydrogen-bond donors (Lipinski definition) is 1. The van der Waals surface area contributed by atoms with Gasteiger partial charge in [-0.3, -0.25) is 4.79 Å². The first-order valence-corrected chi connectivity index (χ1v) is 12.7. The van der Waals surface area contributed by atoms with E-state index in [0.717, 1.165) is 41.0 Å². The first-order valence-electron chi connectivity index (χ1n) is 12.4. The molecule has 1 unspecified atom stereocenters. The van der Waals surface area contributed by atoms with Gasteiger partial charge >= 0.3 is 0 Å². The van der Waals surface area contributed by atoms with Crippen LogP contribution >= 0.6 is 11.6 Å². The number of nitriles is 1. The molecule has 0 saturated carbocycles. The minimum Gasteiger partial charge on any atom is -0.345 e. The first-order chi connectivity index (χ1) is 16.7. The lowest BCUT2D eigenvalue weighted by molar-refractivity contribution is 0.0931. The fourth-order valence-electron chi connectivity index (χ4n) is 4.58. The van der Waals surface area contributed by atoms with Gasteiger partial charge in [-0.15, -0.1) is 0 Å². The number of aryl methyl sites for hydroxylation is 5. The maximum absolute atomic E-state index is 13.6. The Balaban J connectivity index is 1.87. The summed E-state index contributed by atoms with van der Waals surface area (Å²) in [7, 11) is 0.